The van der Waals surface area contributed by atoms with Gasteiger partial charge in [-0.05, 0) is 12.8 Å². The molecule has 0 aliphatic heterocycles. The molecule has 1 aliphatic rings. The van der Waals surface area contributed by atoms with Crippen LogP contribution in [0.2, 0.25) is 0 Å². The first-order valence-corrected chi connectivity index (χ1v) is 6.54. The third kappa shape index (κ3) is 2.07. The molecule has 70 valence electrons. The van der Waals surface area contributed by atoms with Crippen LogP contribution in [0.4, 0.5) is 0 Å². The Morgan fingerprint density at radius 1 is 1.42 bits per heavy atom. The average molecular weight is 430 g/mol. The first-order valence-electron chi connectivity index (χ1n) is 3.25. The van der Waals surface area contributed by atoms with Crippen molar-refractivity contribution in [2.24, 2.45) is 5.41 Å². The number of hydrogen-bond acceptors (Lipinski definition) is 1. The topological polar surface area (TPSA) is 37.3 Å². The summed E-state index contributed by atoms with van der Waals surface area (Å²) in [4.78, 5) is 10.7. The molecule has 0 spiro atoms. The van der Waals surface area contributed by atoms with Gasteiger partial charge in [0.25, 0.3) is 0 Å². The van der Waals surface area contributed by atoms with E-state index in [1.807, 2.05) is 0 Å². The Balaban J connectivity index is 2.77. The van der Waals surface area contributed by atoms with Crippen molar-refractivity contribution in [1.29, 1.82) is 0 Å². The van der Waals surface area contributed by atoms with Gasteiger partial charge in [-0.25, -0.2) is 0 Å². The van der Waals surface area contributed by atoms with E-state index in [4.69, 9.17) is 5.11 Å². The lowest BCUT2D eigenvalue weighted by atomic mass is 10.1. The SMILES string of the molecule is O=C(O)C1(C(Br)C(Br)(Br)Br)CC1. The summed E-state index contributed by atoms with van der Waals surface area (Å²) in [5.41, 5.74) is -0.615. The molecule has 1 saturated carbocycles. The number of carboxylic acids is 1. The first-order chi connectivity index (χ1) is 5.31. The van der Waals surface area contributed by atoms with Crippen molar-refractivity contribution < 1.29 is 9.90 Å². The molecule has 12 heavy (non-hydrogen) atoms. The molecule has 0 radical (unpaired) electrons. The molecular formula is C6H6Br4O2. The third-order valence-electron chi connectivity index (χ3n) is 1.99. The summed E-state index contributed by atoms with van der Waals surface area (Å²) in [5, 5.41) is 8.94. The van der Waals surface area contributed by atoms with E-state index in [1.54, 1.807) is 0 Å². The first kappa shape index (κ1) is 11.5. The van der Waals surface area contributed by atoms with Crippen LogP contribution in [0.1, 0.15) is 12.8 Å². The van der Waals surface area contributed by atoms with Crippen LogP contribution in [0.5, 0.6) is 0 Å². The zero-order valence-corrected chi connectivity index (χ0v) is 12.2. The average Bonchev–Trinajstić information content (AvgIpc) is 2.62. The molecular weight excluding hydrogens is 424 g/mol. The van der Waals surface area contributed by atoms with Gasteiger partial charge in [-0.2, -0.15) is 0 Å². The smallest absolute Gasteiger partial charge is 0.310 e. The van der Waals surface area contributed by atoms with Crippen molar-refractivity contribution in [2.45, 2.75) is 19.8 Å². The predicted octanol–water partition coefficient (Wildman–Crippen LogP) is 3.45. The van der Waals surface area contributed by atoms with Crippen LogP contribution in [-0.2, 0) is 4.79 Å². The van der Waals surface area contributed by atoms with Gasteiger partial charge in [0.2, 0.25) is 0 Å². The van der Waals surface area contributed by atoms with Gasteiger partial charge in [0.1, 0.15) is 2.14 Å². The van der Waals surface area contributed by atoms with E-state index in [-0.39, 0.29) is 4.83 Å². The number of alkyl halides is 4. The maximum absolute atomic E-state index is 10.9. The minimum atomic E-state index is -0.743. The lowest BCUT2D eigenvalue weighted by molar-refractivity contribution is -0.143. The summed E-state index contributed by atoms with van der Waals surface area (Å²) in [6, 6.07) is 0. The molecule has 2 nitrogen and oxygen atoms in total. The van der Waals surface area contributed by atoms with Gasteiger partial charge >= 0.3 is 5.97 Å². The van der Waals surface area contributed by atoms with Crippen molar-refractivity contribution >= 4 is 69.7 Å². The van der Waals surface area contributed by atoms with E-state index < -0.39 is 13.5 Å². The Morgan fingerprint density at radius 3 is 1.92 bits per heavy atom. The van der Waals surface area contributed by atoms with Crippen LogP contribution >= 0.6 is 63.7 Å². The summed E-state index contributed by atoms with van der Waals surface area (Å²) in [7, 11) is 0. The monoisotopic (exact) mass is 426 g/mol. The molecule has 1 rings (SSSR count). The standard InChI is InChI=1S/C6H6Br4O2/c7-3(6(8,9)10)5(1-2-5)4(11)12/h3H,1-2H2,(H,11,12). The van der Waals surface area contributed by atoms with Gasteiger partial charge in [-0.3, -0.25) is 4.79 Å². The van der Waals surface area contributed by atoms with Crippen LogP contribution < -0.4 is 0 Å². The number of carboxylic acid groups (broad SMARTS) is 1. The minimum absolute atomic E-state index is 0.171. The van der Waals surface area contributed by atoms with Crippen LogP contribution in [0.15, 0.2) is 0 Å². The summed E-state index contributed by atoms with van der Waals surface area (Å²) >= 11 is 13.3. The second-order valence-corrected chi connectivity index (χ2v) is 10.7. The summed E-state index contributed by atoms with van der Waals surface area (Å²) < 4.78 is -0.540. The van der Waals surface area contributed by atoms with E-state index in [9.17, 15) is 4.79 Å². The minimum Gasteiger partial charge on any atom is -0.481 e. The molecule has 0 aromatic heterocycles. The normalized spacial score (nSPS) is 23.3. The number of aliphatic carboxylic acids is 1. The largest absolute Gasteiger partial charge is 0.481 e. The van der Waals surface area contributed by atoms with Crippen molar-refractivity contribution in [2.75, 3.05) is 0 Å². The van der Waals surface area contributed by atoms with Gasteiger partial charge in [0.15, 0.2) is 0 Å². The molecule has 0 aromatic carbocycles. The van der Waals surface area contributed by atoms with Crippen molar-refractivity contribution in [3.63, 3.8) is 0 Å². The highest BCUT2D eigenvalue weighted by molar-refractivity contribution is 9.40. The van der Waals surface area contributed by atoms with E-state index >= 15 is 0 Å². The Hall–Kier alpha value is 1.39. The highest BCUT2D eigenvalue weighted by Gasteiger charge is 2.60. The predicted molar refractivity (Wildman–Crippen MR) is 61.5 cm³/mol. The summed E-state index contributed by atoms with van der Waals surface area (Å²) in [6.07, 6.45) is 1.45. The fraction of sp³-hybridized carbons (Fsp3) is 0.833. The molecule has 0 heterocycles. The zero-order valence-electron chi connectivity index (χ0n) is 5.86. The molecule has 1 unspecified atom stereocenters. The van der Waals surface area contributed by atoms with Gasteiger partial charge in [-0.15, -0.1) is 0 Å². The Labute approximate surface area is 104 Å². The van der Waals surface area contributed by atoms with Crippen molar-refractivity contribution in [1.82, 2.24) is 0 Å². The number of rotatable bonds is 2. The maximum atomic E-state index is 10.9. The fourth-order valence-electron chi connectivity index (χ4n) is 1.02. The van der Waals surface area contributed by atoms with Crippen molar-refractivity contribution in [3.05, 3.63) is 0 Å². The second kappa shape index (κ2) is 3.51. The van der Waals surface area contributed by atoms with Crippen LogP contribution in [0.25, 0.3) is 0 Å². The van der Waals surface area contributed by atoms with E-state index in [0.29, 0.717) is 0 Å². The Bertz CT molecular complexity index is 206. The molecule has 0 saturated heterocycles. The lowest BCUT2D eigenvalue weighted by Gasteiger charge is -2.25. The highest BCUT2D eigenvalue weighted by Crippen LogP contribution is 2.60. The number of carbonyl (C=O) groups is 1. The van der Waals surface area contributed by atoms with Crippen LogP contribution in [0, 0.1) is 5.41 Å². The lowest BCUT2D eigenvalue weighted by Crippen LogP contribution is -2.34. The Kier molecular flexibility index (Phi) is 3.36. The van der Waals surface area contributed by atoms with Gasteiger partial charge in [0, 0.05) is 0 Å². The molecule has 0 bridgehead atoms. The van der Waals surface area contributed by atoms with Crippen LogP contribution in [-0.4, -0.2) is 18.0 Å². The molecule has 0 amide bonds. The molecule has 0 aromatic rings. The highest BCUT2D eigenvalue weighted by atomic mass is 80.0. The Morgan fingerprint density at radius 2 is 1.83 bits per heavy atom. The van der Waals surface area contributed by atoms with Crippen LogP contribution in [0.3, 0.4) is 0 Å². The zero-order chi connectivity index (χ0) is 9.57. The van der Waals surface area contributed by atoms with Gasteiger partial charge in [-0.1, -0.05) is 63.7 Å². The third-order valence-corrected chi connectivity index (χ3v) is 6.77. The molecule has 1 aliphatic carbocycles. The summed E-state index contributed by atoms with van der Waals surface area (Å²) in [6.45, 7) is 0. The fourth-order valence-corrected chi connectivity index (χ4v) is 2.99. The molecule has 1 atom stereocenters. The van der Waals surface area contributed by atoms with Gasteiger partial charge in [0.05, 0.1) is 10.2 Å². The van der Waals surface area contributed by atoms with Gasteiger partial charge < -0.3 is 5.11 Å². The quantitative estimate of drug-likeness (QED) is 0.683. The number of hydrogen-bond donors (Lipinski definition) is 1. The van der Waals surface area contributed by atoms with E-state index in [0.717, 1.165) is 12.8 Å². The molecule has 1 N–H and O–H groups in total. The number of halogens is 4. The maximum Gasteiger partial charge on any atom is 0.310 e. The summed E-state index contributed by atoms with van der Waals surface area (Å²) in [5.74, 6) is -0.743. The second-order valence-electron chi connectivity index (χ2n) is 2.87. The van der Waals surface area contributed by atoms with E-state index in [1.165, 1.54) is 0 Å². The van der Waals surface area contributed by atoms with Crippen molar-refractivity contribution in [3.8, 4) is 0 Å². The molecule has 1 fully saturated rings. The van der Waals surface area contributed by atoms with E-state index in [2.05, 4.69) is 63.7 Å². The molecule has 6 heteroatoms.